The second kappa shape index (κ2) is 12.3. The first-order valence-electron chi connectivity index (χ1n) is 10.4. The molecular formula is C22H35IN4O. The quantitative estimate of drug-likeness (QED) is 0.271. The van der Waals surface area contributed by atoms with E-state index in [0.29, 0.717) is 6.04 Å². The third kappa shape index (κ3) is 7.28. The zero-order valence-electron chi connectivity index (χ0n) is 17.2. The Kier molecular flexibility index (Phi) is 10.1. The van der Waals surface area contributed by atoms with E-state index in [4.69, 9.17) is 9.73 Å². The molecule has 0 radical (unpaired) electrons. The highest BCUT2D eigenvalue weighted by Gasteiger charge is 2.21. The molecule has 1 unspecified atom stereocenters. The molecule has 28 heavy (non-hydrogen) atoms. The number of guanidine groups is 1. The number of piperidine rings is 1. The number of aryl methyl sites for hydroxylation is 1. The van der Waals surface area contributed by atoms with Crippen molar-refractivity contribution < 1.29 is 4.74 Å². The largest absolute Gasteiger partial charge is 0.377 e. The molecule has 1 fully saturated rings. The summed E-state index contributed by atoms with van der Waals surface area (Å²) in [5, 5.41) is 7.06. The van der Waals surface area contributed by atoms with E-state index >= 15 is 0 Å². The number of ether oxygens (including phenoxy) is 1. The summed E-state index contributed by atoms with van der Waals surface area (Å²) in [6.45, 7) is 9.74. The molecule has 0 bridgehead atoms. The third-order valence-corrected chi connectivity index (χ3v) is 5.27. The van der Waals surface area contributed by atoms with Gasteiger partial charge in [-0.25, -0.2) is 0 Å². The van der Waals surface area contributed by atoms with Gasteiger partial charge in [0.1, 0.15) is 0 Å². The van der Waals surface area contributed by atoms with E-state index in [9.17, 15) is 0 Å². The van der Waals surface area contributed by atoms with E-state index in [1.165, 1.54) is 29.7 Å². The smallest absolute Gasteiger partial charge is 0.191 e. The molecule has 1 atom stereocenters. The summed E-state index contributed by atoms with van der Waals surface area (Å²) in [5.74, 6) is 0.945. The lowest BCUT2D eigenvalue weighted by atomic mass is 10.0. The monoisotopic (exact) mass is 498 g/mol. The first-order chi connectivity index (χ1) is 13.2. The summed E-state index contributed by atoms with van der Waals surface area (Å²) < 4.78 is 5.38. The van der Waals surface area contributed by atoms with Gasteiger partial charge >= 0.3 is 0 Å². The molecule has 0 aliphatic carbocycles. The summed E-state index contributed by atoms with van der Waals surface area (Å²) in [7, 11) is 0. The third-order valence-electron chi connectivity index (χ3n) is 5.27. The molecule has 2 N–H and O–H groups in total. The Morgan fingerprint density at radius 1 is 1.29 bits per heavy atom. The van der Waals surface area contributed by atoms with Crippen LogP contribution in [-0.2, 0) is 4.74 Å². The van der Waals surface area contributed by atoms with Crippen molar-refractivity contribution in [2.45, 2.75) is 45.6 Å². The van der Waals surface area contributed by atoms with Crippen molar-refractivity contribution in [2.24, 2.45) is 4.99 Å². The summed E-state index contributed by atoms with van der Waals surface area (Å²) in [6, 6.07) is 9.29. The Hall–Kier alpha value is -1.28. The fraction of sp³-hybridized carbons (Fsp3) is 0.591. The second-order valence-corrected chi connectivity index (χ2v) is 7.46. The maximum atomic E-state index is 5.38. The number of rotatable bonds is 6. The summed E-state index contributed by atoms with van der Waals surface area (Å²) in [5.41, 5.74) is 4.11. The first kappa shape index (κ1) is 23.0. The lowest BCUT2D eigenvalue weighted by Gasteiger charge is -2.35. The molecule has 1 aromatic carbocycles. The molecule has 2 aliphatic rings. The van der Waals surface area contributed by atoms with Crippen molar-refractivity contribution in [3.05, 3.63) is 41.5 Å². The van der Waals surface area contributed by atoms with Crippen LogP contribution in [-0.4, -0.2) is 51.4 Å². The van der Waals surface area contributed by atoms with Crippen molar-refractivity contribution in [2.75, 3.05) is 44.3 Å². The molecule has 156 valence electrons. The topological polar surface area (TPSA) is 48.9 Å². The minimum Gasteiger partial charge on any atom is -0.377 e. The number of benzene rings is 1. The van der Waals surface area contributed by atoms with Crippen LogP contribution in [0.25, 0.3) is 0 Å². The van der Waals surface area contributed by atoms with Crippen LogP contribution < -0.4 is 15.5 Å². The number of aliphatic imine (C=N–C) groups is 1. The van der Waals surface area contributed by atoms with Crippen LogP contribution in [0.5, 0.6) is 0 Å². The lowest BCUT2D eigenvalue weighted by Crippen LogP contribution is -2.51. The molecule has 3 rings (SSSR count). The number of halogens is 1. The minimum absolute atomic E-state index is 0. The van der Waals surface area contributed by atoms with Crippen molar-refractivity contribution in [1.29, 1.82) is 0 Å². The Balaban J connectivity index is 0.00000280. The van der Waals surface area contributed by atoms with Crippen molar-refractivity contribution in [3.8, 4) is 0 Å². The average Bonchev–Trinajstić information content (AvgIpc) is 2.70. The van der Waals surface area contributed by atoms with E-state index < -0.39 is 0 Å². The van der Waals surface area contributed by atoms with Crippen LogP contribution in [0.3, 0.4) is 0 Å². The first-order valence-corrected chi connectivity index (χ1v) is 10.4. The van der Waals surface area contributed by atoms with E-state index in [1.54, 1.807) is 0 Å². The zero-order valence-corrected chi connectivity index (χ0v) is 19.6. The van der Waals surface area contributed by atoms with Crippen LogP contribution in [0, 0.1) is 6.92 Å². The van der Waals surface area contributed by atoms with Gasteiger partial charge in [-0.15, -0.1) is 24.0 Å². The van der Waals surface area contributed by atoms with Gasteiger partial charge in [0.15, 0.2) is 5.96 Å². The average molecular weight is 498 g/mol. The van der Waals surface area contributed by atoms with Gasteiger partial charge in [0.2, 0.25) is 0 Å². The van der Waals surface area contributed by atoms with Crippen LogP contribution >= 0.6 is 24.0 Å². The van der Waals surface area contributed by atoms with Gasteiger partial charge in [-0.2, -0.15) is 0 Å². The Morgan fingerprint density at radius 3 is 2.82 bits per heavy atom. The maximum absolute atomic E-state index is 5.38. The summed E-state index contributed by atoms with van der Waals surface area (Å²) in [6.07, 6.45) is 6.68. The molecule has 0 amide bonds. The van der Waals surface area contributed by atoms with Crippen LogP contribution in [0.4, 0.5) is 5.69 Å². The highest BCUT2D eigenvalue weighted by molar-refractivity contribution is 14.0. The predicted octanol–water partition coefficient (Wildman–Crippen LogP) is 3.87. The van der Waals surface area contributed by atoms with Gasteiger partial charge < -0.3 is 20.3 Å². The molecular weight excluding hydrogens is 463 g/mol. The van der Waals surface area contributed by atoms with E-state index in [1.807, 2.05) is 0 Å². The lowest BCUT2D eigenvalue weighted by molar-refractivity contribution is 0.153. The predicted molar refractivity (Wildman–Crippen MR) is 129 cm³/mol. The molecule has 1 aromatic rings. The van der Waals surface area contributed by atoms with Crippen molar-refractivity contribution >= 4 is 35.6 Å². The highest BCUT2D eigenvalue weighted by Crippen LogP contribution is 2.20. The van der Waals surface area contributed by atoms with Gasteiger partial charge in [0, 0.05) is 37.9 Å². The Labute approximate surface area is 187 Å². The van der Waals surface area contributed by atoms with E-state index in [0.717, 1.165) is 58.2 Å². The van der Waals surface area contributed by atoms with Crippen LogP contribution in [0.15, 0.2) is 40.9 Å². The van der Waals surface area contributed by atoms with Gasteiger partial charge in [-0.1, -0.05) is 29.3 Å². The van der Waals surface area contributed by atoms with Crippen molar-refractivity contribution in [3.63, 3.8) is 0 Å². The van der Waals surface area contributed by atoms with Crippen LogP contribution in [0.2, 0.25) is 0 Å². The molecule has 0 spiro atoms. The van der Waals surface area contributed by atoms with Gasteiger partial charge in [-0.3, -0.25) is 4.99 Å². The molecule has 0 aromatic heterocycles. The normalized spacial score (nSPS) is 20.2. The Morgan fingerprint density at radius 2 is 2.11 bits per heavy atom. The standard InChI is InChI=1S/C22H34N4O.HI/c1-3-23-22(24-13-10-19-11-15-27-16-12-19)25-20-5-4-14-26(17-20)21-8-6-18(2)7-9-21;/h6-9,11,20H,3-5,10,12-17H2,1-2H3,(H2,23,24,25);1H. The molecule has 5 nitrogen and oxygen atoms in total. The molecule has 2 aliphatic heterocycles. The van der Waals surface area contributed by atoms with Gasteiger partial charge in [0.05, 0.1) is 13.2 Å². The molecule has 2 heterocycles. The molecule has 0 saturated carbocycles. The number of hydrogen-bond donors (Lipinski definition) is 2. The summed E-state index contributed by atoms with van der Waals surface area (Å²) >= 11 is 0. The number of nitrogens with one attached hydrogen (secondary N) is 2. The number of nitrogens with zero attached hydrogens (tertiary/aromatic N) is 2. The van der Waals surface area contributed by atoms with Crippen LogP contribution in [0.1, 0.15) is 38.2 Å². The van der Waals surface area contributed by atoms with Gasteiger partial charge in [-0.05, 0) is 51.7 Å². The summed E-state index contributed by atoms with van der Waals surface area (Å²) in [4.78, 5) is 7.29. The highest BCUT2D eigenvalue weighted by atomic mass is 127. The molecule has 1 saturated heterocycles. The van der Waals surface area contributed by atoms with Crippen molar-refractivity contribution in [1.82, 2.24) is 10.6 Å². The van der Waals surface area contributed by atoms with Gasteiger partial charge in [0.25, 0.3) is 0 Å². The maximum Gasteiger partial charge on any atom is 0.191 e. The Bertz CT molecular complexity index is 644. The second-order valence-electron chi connectivity index (χ2n) is 7.46. The SMILES string of the molecule is CCNC(=NCCC1=CCOCC1)NC1CCCN(c2ccc(C)cc2)C1.I. The molecule has 6 heteroatoms. The fourth-order valence-corrected chi connectivity index (χ4v) is 3.70. The van der Waals surface area contributed by atoms with E-state index in [-0.39, 0.29) is 24.0 Å². The van der Waals surface area contributed by atoms with E-state index in [2.05, 4.69) is 59.7 Å². The number of hydrogen-bond acceptors (Lipinski definition) is 3. The zero-order chi connectivity index (χ0) is 18.9. The number of anilines is 1. The minimum atomic E-state index is 0. The fourth-order valence-electron chi connectivity index (χ4n) is 3.70.